The Balaban J connectivity index is 2.69. The van der Waals surface area contributed by atoms with Crippen LogP contribution < -0.4 is 0 Å². The molecular weight excluding hydrogens is 270 g/mol. The second kappa shape index (κ2) is 4.69. The molecule has 6 nitrogen and oxygen atoms in total. The maximum atomic E-state index is 12.3. The molecule has 0 saturated heterocycles. The highest BCUT2D eigenvalue weighted by Gasteiger charge is 2.27. The van der Waals surface area contributed by atoms with Crippen molar-refractivity contribution in [3.63, 3.8) is 0 Å². The summed E-state index contributed by atoms with van der Waals surface area (Å²) in [5.41, 5.74) is -0.649. The molecule has 0 aliphatic rings. The molecule has 19 heavy (non-hydrogen) atoms. The van der Waals surface area contributed by atoms with E-state index in [0.29, 0.717) is 0 Å². The van der Waals surface area contributed by atoms with E-state index >= 15 is 0 Å². The van der Waals surface area contributed by atoms with E-state index in [9.17, 15) is 23.6 Å². The highest BCUT2D eigenvalue weighted by Crippen LogP contribution is 2.31. The first kappa shape index (κ1) is 13.0. The molecule has 0 amide bonds. The predicted molar refractivity (Wildman–Crippen MR) is 66.7 cm³/mol. The van der Waals surface area contributed by atoms with E-state index in [1.165, 1.54) is 24.3 Å². The van der Waals surface area contributed by atoms with Crippen molar-refractivity contribution in [3.8, 4) is 5.75 Å². The van der Waals surface area contributed by atoms with Crippen LogP contribution in [0.4, 0.5) is 5.69 Å². The second-order valence-corrected chi connectivity index (χ2v) is 5.64. The smallest absolute Gasteiger partial charge is 0.292 e. The average molecular weight is 279 g/mol. The van der Waals surface area contributed by atoms with Gasteiger partial charge in [0.1, 0.15) is 10.6 Å². The van der Waals surface area contributed by atoms with Crippen molar-refractivity contribution in [1.29, 1.82) is 0 Å². The summed E-state index contributed by atoms with van der Waals surface area (Å²) in [6.07, 6.45) is 0. The van der Waals surface area contributed by atoms with Crippen LogP contribution in [-0.2, 0) is 9.84 Å². The van der Waals surface area contributed by atoms with Gasteiger partial charge in [0.05, 0.1) is 15.9 Å². The van der Waals surface area contributed by atoms with Gasteiger partial charge in [-0.3, -0.25) is 10.1 Å². The highest BCUT2D eigenvalue weighted by molar-refractivity contribution is 7.91. The van der Waals surface area contributed by atoms with E-state index in [0.717, 1.165) is 18.2 Å². The number of aromatic hydroxyl groups is 1. The first-order chi connectivity index (χ1) is 8.93. The fourth-order valence-electron chi connectivity index (χ4n) is 1.60. The normalized spacial score (nSPS) is 11.2. The number of sulfone groups is 1. The lowest BCUT2D eigenvalue weighted by Crippen LogP contribution is -2.05. The average Bonchev–Trinajstić information content (AvgIpc) is 2.39. The molecule has 2 aromatic carbocycles. The van der Waals surface area contributed by atoms with Crippen LogP contribution in [-0.4, -0.2) is 18.4 Å². The van der Waals surface area contributed by atoms with E-state index in [4.69, 9.17) is 0 Å². The lowest BCUT2D eigenvalue weighted by Gasteiger charge is -2.05. The third-order valence-electron chi connectivity index (χ3n) is 2.48. The van der Waals surface area contributed by atoms with Crippen molar-refractivity contribution in [2.45, 2.75) is 9.79 Å². The van der Waals surface area contributed by atoms with Gasteiger partial charge in [-0.1, -0.05) is 18.2 Å². The lowest BCUT2D eigenvalue weighted by molar-refractivity contribution is -0.387. The standard InChI is InChI=1S/C12H9NO5S/c14-9-6-7-12(11(8-9)13(15)16)19(17,18)10-4-2-1-3-5-10/h1-8,14H. The minimum Gasteiger partial charge on any atom is -0.508 e. The van der Waals surface area contributed by atoms with E-state index in [2.05, 4.69) is 0 Å². The molecule has 0 heterocycles. The maximum Gasteiger partial charge on any atom is 0.292 e. The zero-order valence-corrected chi connectivity index (χ0v) is 10.4. The minimum absolute atomic E-state index is 0.0382. The van der Waals surface area contributed by atoms with Crippen LogP contribution in [0.5, 0.6) is 5.75 Å². The Morgan fingerprint density at radius 3 is 2.26 bits per heavy atom. The van der Waals surface area contributed by atoms with Crippen LogP contribution in [0.3, 0.4) is 0 Å². The Morgan fingerprint density at radius 1 is 1.05 bits per heavy atom. The number of rotatable bonds is 3. The van der Waals surface area contributed by atoms with Crippen molar-refractivity contribution < 1.29 is 18.4 Å². The van der Waals surface area contributed by atoms with Gasteiger partial charge in [-0.2, -0.15) is 0 Å². The topological polar surface area (TPSA) is 97.5 Å². The van der Waals surface area contributed by atoms with Gasteiger partial charge >= 0.3 is 0 Å². The van der Waals surface area contributed by atoms with Gasteiger partial charge in [0.25, 0.3) is 5.69 Å². The lowest BCUT2D eigenvalue weighted by atomic mass is 10.3. The number of phenolic OH excluding ortho intramolecular Hbond substituents is 1. The molecule has 0 aromatic heterocycles. The third-order valence-corrected chi connectivity index (χ3v) is 4.30. The third kappa shape index (κ3) is 2.41. The van der Waals surface area contributed by atoms with Crippen molar-refractivity contribution in [2.75, 3.05) is 0 Å². The molecule has 0 saturated carbocycles. The number of nitro groups is 1. The van der Waals surface area contributed by atoms with Crippen molar-refractivity contribution in [3.05, 3.63) is 58.6 Å². The molecule has 0 unspecified atom stereocenters. The van der Waals surface area contributed by atoms with E-state index in [-0.39, 0.29) is 10.6 Å². The van der Waals surface area contributed by atoms with E-state index in [1.54, 1.807) is 6.07 Å². The molecule has 2 rings (SSSR count). The Hall–Kier alpha value is -2.41. The Kier molecular flexibility index (Phi) is 3.22. The molecule has 2 aromatic rings. The first-order valence-corrected chi connectivity index (χ1v) is 6.69. The zero-order valence-electron chi connectivity index (χ0n) is 9.55. The summed E-state index contributed by atoms with van der Waals surface area (Å²) in [5, 5.41) is 20.1. The van der Waals surface area contributed by atoms with Gasteiger partial charge < -0.3 is 5.11 Å². The first-order valence-electron chi connectivity index (χ1n) is 5.20. The number of phenols is 1. The molecule has 7 heteroatoms. The largest absolute Gasteiger partial charge is 0.508 e. The summed E-state index contributed by atoms with van der Waals surface area (Å²) in [6, 6.07) is 10.3. The highest BCUT2D eigenvalue weighted by atomic mass is 32.2. The maximum absolute atomic E-state index is 12.3. The SMILES string of the molecule is O=[N+]([O-])c1cc(O)ccc1S(=O)(=O)c1ccccc1. The van der Waals surface area contributed by atoms with Crippen LogP contribution in [0, 0.1) is 10.1 Å². The molecule has 0 spiro atoms. The molecule has 0 aliphatic carbocycles. The number of hydrogen-bond donors (Lipinski definition) is 1. The monoisotopic (exact) mass is 279 g/mol. The molecule has 0 atom stereocenters. The van der Waals surface area contributed by atoms with Crippen LogP contribution in [0.1, 0.15) is 0 Å². The Bertz CT molecular complexity index is 725. The Labute approximate surface area is 109 Å². The van der Waals surface area contributed by atoms with Crippen LogP contribution in [0.25, 0.3) is 0 Å². The van der Waals surface area contributed by atoms with Gasteiger partial charge in [-0.25, -0.2) is 8.42 Å². The summed E-state index contributed by atoms with van der Waals surface area (Å²) in [7, 11) is -3.98. The van der Waals surface area contributed by atoms with Crippen LogP contribution in [0.15, 0.2) is 58.3 Å². The fraction of sp³-hybridized carbons (Fsp3) is 0. The van der Waals surface area contributed by atoms with Gasteiger partial charge in [0, 0.05) is 0 Å². The number of nitro benzene ring substituents is 1. The molecule has 0 fully saturated rings. The molecule has 98 valence electrons. The van der Waals surface area contributed by atoms with Crippen molar-refractivity contribution >= 4 is 15.5 Å². The number of benzene rings is 2. The predicted octanol–water partition coefficient (Wildman–Crippen LogP) is 2.13. The van der Waals surface area contributed by atoms with Gasteiger partial charge in [-0.15, -0.1) is 0 Å². The summed E-state index contributed by atoms with van der Waals surface area (Å²) >= 11 is 0. The molecule has 1 N–H and O–H groups in total. The zero-order chi connectivity index (χ0) is 14.0. The Morgan fingerprint density at radius 2 is 1.68 bits per heavy atom. The van der Waals surface area contributed by atoms with Crippen LogP contribution >= 0.6 is 0 Å². The van der Waals surface area contributed by atoms with Gasteiger partial charge in [0.2, 0.25) is 9.84 Å². The van der Waals surface area contributed by atoms with Gasteiger partial charge in [-0.05, 0) is 24.3 Å². The van der Waals surface area contributed by atoms with Crippen molar-refractivity contribution in [2.24, 2.45) is 0 Å². The second-order valence-electron chi connectivity index (χ2n) is 3.73. The van der Waals surface area contributed by atoms with Gasteiger partial charge in [0.15, 0.2) is 0 Å². The molecular formula is C12H9NO5S. The molecule has 0 aliphatic heterocycles. The van der Waals surface area contributed by atoms with Crippen LogP contribution in [0.2, 0.25) is 0 Å². The van der Waals surface area contributed by atoms with E-state index < -0.39 is 25.3 Å². The van der Waals surface area contributed by atoms with E-state index in [1.807, 2.05) is 0 Å². The quantitative estimate of drug-likeness (QED) is 0.685. The minimum atomic E-state index is -3.98. The fourth-order valence-corrected chi connectivity index (χ4v) is 3.03. The summed E-state index contributed by atoms with van der Waals surface area (Å²) < 4.78 is 24.6. The number of nitrogens with zero attached hydrogens (tertiary/aromatic N) is 1. The summed E-state index contributed by atoms with van der Waals surface area (Å²) in [6.45, 7) is 0. The summed E-state index contributed by atoms with van der Waals surface area (Å²) in [5.74, 6) is -0.362. The summed E-state index contributed by atoms with van der Waals surface area (Å²) in [4.78, 5) is 9.56. The number of hydrogen-bond acceptors (Lipinski definition) is 5. The molecule has 0 bridgehead atoms. The van der Waals surface area contributed by atoms with Crippen molar-refractivity contribution in [1.82, 2.24) is 0 Å². The molecule has 0 radical (unpaired) electrons.